The summed E-state index contributed by atoms with van der Waals surface area (Å²) in [7, 11) is 0. The van der Waals surface area contributed by atoms with E-state index in [0.717, 1.165) is 25.5 Å². The minimum Gasteiger partial charge on any atom is -0.351 e. The molecule has 1 aromatic heterocycles. The van der Waals surface area contributed by atoms with Crippen molar-refractivity contribution in [3.05, 3.63) is 17.5 Å². The lowest BCUT2D eigenvalue weighted by Gasteiger charge is -2.26. The molecule has 1 aliphatic heterocycles. The van der Waals surface area contributed by atoms with E-state index in [1.807, 2.05) is 0 Å². The average Bonchev–Trinajstić information content (AvgIpc) is 2.78. The van der Waals surface area contributed by atoms with Crippen LogP contribution in [0.15, 0.2) is 12.5 Å². The molecule has 94 valence electrons. The summed E-state index contributed by atoms with van der Waals surface area (Å²) in [5.74, 6) is 0.877. The summed E-state index contributed by atoms with van der Waals surface area (Å²) in [5, 5.41) is 4.12. The molecule has 2 rings (SSSR count). The topological polar surface area (TPSA) is 41.0 Å². The van der Waals surface area contributed by atoms with Crippen molar-refractivity contribution >= 4 is 17.4 Å². The van der Waals surface area contributed by atoms with Crippen LogP contribution in [-0.2, 0) is 0 Å². The van der Waals surface area contributed by atoms with Crippen LogP contribution in [0.25, 0.3) is 0 Å². The fourth-order valence-electron chi connectivity index (χ4n) is 2.29. The summed E-state index contributed by atoms with van der Waals surface area (Å²) in [6.07, 6.45) is 6.81. The van der Waals surface area contributed by atoms with E-state index in [-0.39, 0.29) is 0 Å². The Morgan fingerprint density at radius 2 is 2.47 bits per heavy atom. The zero-order valence-corrected chi connectivity index (χ0v) is 11.0. The molecular weight excluding hydrogens is 236 g/mol. The molecule has 0 bridgehead atoms. The lowest BCUT2D eigenvalue weighted by molar-refractivity contribution is 0.568. The van der Waals surface area contributed by atoms with Crippen LogP contribution in [0, 0.1) is 0 Å². The Balaban J connectivity index is 2.02. The minimum atomic E-state index is 0.508. The van der Waals surface area contributed by atoms with Gasteiger partial charge in [-0.05, 0) is 25.8 Å². The van der Waals surface area contributed by atoms with Gasteiger partial charge in [0.15, 0.2) is 5.82 Å². The third-order valence-corrected chi connectivity index (χ3v) is 3.37. The first kappa shape index (κ1) is 12.6. The summed E-state index contributed by atoms with van der Waals surface area (Å²) in [4.78, 5) is 10.5. The van der Waals surface area contributed by atoms with Gasteiger partial charge >= 0.3 is 0 Å². The second kappa shape index (κ2) is 6.17. The van der Waals surface area contributed by atoms with E-state index >= 15 is 0 Å². The van der Waals surface area contributed by atoms with Crippen molar-refractivity contribution in [2.45, 2.75) is 32.2 Å². The highest BCUT2D eigenvalue weighted by atomic mass is 35.5. The van der Waals surface area contributed by atoms with Crippen LogP contribution in [0.2, 0.25) is 5.02 Å². The molecule has 0 radical (unpaired) electrons. The highest BCUT2D eigenvalue weighted by Gasteiger charge is 2.26. The van der Waals surface area contributed by atoms with Gasteiger partial charge in [-0.15, -0.1) is 0 Å². The standard InChI is InChI=1S/C12H19ClN4/c1-2-5-14-7-10-4-3-6-17(10)12-11(13)8-15-9-16-12/h8-10,14H,2-7H2,1H3. The summed E-state index contributed by atoms with van der Waals surface area (Å²) in [5.41, 5.74) is 0. The molecule has 0 saturated carbocycles. The lowest BCUT2D eigenvalue weighted by atomic mass is 10.2. The van der Waals surface area contributed by atoms with Crippen LogP contribution in [0.4, 0.5) is 5.82 Å². The van der Waals surface area contributed by atoms with Gasteiger partial charge in [0.25, 0.3) is 0 Å². The molecule has 0 spiro atoms. The van der Waals surface area contributed by atoms with Crippen molar-refractivity contribution in [3.8, 4) is 0 Å². The molecule has 0 aliphatic carbocycles. The molecule has 1 atom stereocenters. The van der Waals surface area contributed by atoms with Gasteiger partial charge < -0.3 is 10.2 Å². The number of hydrogen-bond donors (Lipinski definition) is 1. The SMILES string of the molecule is CCCNCC1CCCN1c1ncncc1Cl. The summed E-state index contributed by atoms with van der Waals surface area (Å²) >= 11 is 6.14. The van der Waals surface area contributed by atoms with Crippen LogP contribution in [-0.4, -0.2) is 35.6 Å². The molecule has 1 fully saturated rings. The number of hydrogen-bond acceptors (Lipinski definition) is 4. The first-order chi connectivity index (χ1) is 8.33. The zero-order valence-electron chi connectivity index (χ0n) is 10.2. The van der Waals surface area contributed by atoms with E-state index in [0.29, 0.717) is 11.1 Å². The molecule has 1 aromatic rings. The van der Waals surface area contributed by atoms with Crippen molar-refractivity contribution < 1.29 is 0 Å². The second-order valence-electron chi connectivity index (χ2n) is 4.39. The Morgan fingerprint density at radius 3 is 3.24 bits per heavy atom. The van der Waals surface area contributed by atoms with Gasteiger partial charge in [-0.2, -0.15) is 0 Å². The van der Waals surface area contributed by atoms with Crippen LogP contribution in [0.3, 0.4) is 0 Å². The Hall–Kier alpha value is -0.870. The molecule has 4 nitrogen and oxygen atoms in total. The van der Waals surface area contributed by atoms with E-state index in [1.54, 1.807) is 12.5 Å². The maximum atomic E-state index is 6.14. The fraction of sp³-hybridized carbons (Fsp3) is 0.667. The summed E-state index contributed by atoms with van der Waals surface area (Å²) in [6, 6.07) is 0.508. The largest absolute Gasteiger partial charge is 0.351 e. The fourth-order valence-corrected chi connectivity index (χ4v) is 2.50. The van der Waals surface area contributed by atoms with Crippen molar-refractivity contribution in [3.63, 3.8) is 0 Å². The highest BCUT2D eigenvalue weighted by Crippen LogP contribution is 2.28. The Morgan fingerprint density at radius 1 is 1.59 bits per heavy atom. The highest BCUT2D eigenvalue weighted by molar-refractivity contribution is 6.32. The van der Waals surface area contributed by atoms with Crippen molar-refractivity contribution in [1.82, 2.24) is 15.3 Å². The van der Waals surface area contributed by atoms with E-state index in [4.69, 9.17) is 11.6 Å². The van der Waals surface area contributed by atoms with Crippen LogP contribution < -0.4 is 10.2 Å². The maximum absolute atomic E-state index is 6.14. The summed E-state index contributed by atoms with van der Waals surface area (Å²) < 4.78 is 0. The van der Waals surface area contributed by atoms with Gasteiger partial charge in [0.05, 0.1) is 6.20 Å². The molecular formula is C12H19ClN4. The quantitative estimate of drug-likeness (QED) is 0.817. The molecule has 0 aromatic carbocycles. The smallest absolute Gasteiger partial charge is 0.151 e. The molecule has 5 heteroatoms. The number of nitrogens with zero attached hydrogens (tertiary/aromatic N) is 3. The monoisotopic (exact) mass is 254 g/mol. The number of halogens is 1. The predicted octanol–water partition coefficient (Wildman–Crippen LogP) is 2.10. The molecule has 0 amide bonds. The van der Waals surface area contributed by atoms with Crippen molar-refractivity contribution in [2.24, 2.45) is 0 Å². The second-order valence-corrected chi connectivity index (χ2v) is 4.80. The van der Waals surface area contributed by atoms with E-state index in [2.05, 4.69) is 27.1 Å². The number of rotatable bonds is 5. The van der Waals surface area contributed by atoms with Gasteiger partial charge in [-0.3, -0.25) is 0 Å². The Bertz CT molecular complexity index is 358. The summed E-state index contributed by atoms with van der Waals surface area (Å²) in [6.45, 7) is 5.30. The molecule has 17 heavy (non-hydrogen) atoms. The van der Waals surface area contributed by atoms with Gasteiger partial charge in [-0.25, -0.2) is 9.97 Å². The van der Waals surface area contributed by atoms with E-state index in [1.165, 1.54) is 19.3 Å². The number of aromatic nitrogens is 2. The maximum Gasteiger partial charge on any atom is 0.151 e. The first-order valence-corrected chi connectivity index (χ1v) is 6.63. The third kappa shape index (κ3) is 3.07. The third-order valence-electron chi connectivity index (χ3n) is 3.10. The minimum absolute atomic E-state index is 0.508. The van der Waals surface area contributed by atoms with Crippen molar-refractivity contribution in [1.29, 1.82) is 0 Å². The first-order valence-electron chi connectivity index (χ1n) is 6.25. The van der Waals surface area contributed by atoms with Crippen LogP contribution in [0.1, 0.15) is 26.2 Å². The molecule has 1 N–H and O–H groups in total. The van der Waals surface area contributed by atoms with Crippen LogP contribution in [0.5, 0.6) is 0 Å². The van der Waals surface area contributed by atoms with Gasteiger partial charge in [-0.1, -0.05) is 18.5 Å². The average molecular weight is 255 g/mol. The van der Waals surface area contributed by atoms with Gasteiger partial charge in [0.2, 0.25) is 0 Å². The van der Waals surface area contributed by atoms with Crippen LogP contribution >= 0.6 is 11.6 Å². The lowest BCUT2D eigenvalue weighted by Crippen LogP contribution is -2.38. The molecule has 1 unspecified atom stereocenters. The van der Waals surface area contributed by atoms with E-state index < -0.39 is 0 Å². The van der Waals surface area contributed by atoms with E-state index in [9.17, 15) is 0 Å². The normalized spacial score (nSPS) is 19.9. The number of nitrogens with one attached hydrogen (secondary N) is 1. The molecule has 1 saturated heterocycles. The van der Waals surface area contributed by atoms with Gasteiger partial charge in [0, 0.05) is 19.1 Å². The predicted molar refractivity (Wildman–Crippen MR) is 70.6 cm³/mol. The van der Waals surface area contributed by atoms with Crippen molar-refractivity contribution in [2.75, 3.05) is 24.5 Å². The Labute approximate surface area is 107 Å². The Kier molecular flexibility index (Phi) is 4.57. The molecule has 1 aliphatic rings. The van der Waals surface area contributed by atoms with Gasteiger partial charge in [0.1, 0.15) is 11.3 Å². The zero-order chi connectivity index (χ0) is 12.1. The molecule has 2 heterocycles. The number of anilines is 1.